The molecule has 0 spiro atoms. The molecule has 1 aliphatic heterocycles. The number of esters is 1. The molecule has 3 nitrogen and oxygen atoms in total. The molecule has 1 aliphatic rings. The number of hydrogen-bond acceptors (Lipinski definition) is 4. The van der Waals surface area contributed by atoms with Gasteiger partial charge in [0.15, 0.2) is 0 Å². The van der Waals surface area contributed by atoms with Crippen LogP contribution in [0.15, 0.2) is 12.3 Å². The van der Waals surface area contributed by atoms with Gasteiger partial charge in [0.05, 0.1) is 17.9 Å². The van der Waals surface area contributed by atoms with Crippen LogP contribution in [0, 0.1) is 0 Å². The molecule has 14 heavy (non-hydrogen) atoms. The minimum absolute atomic E-state index is 0.278. The lowest BCUT2D eigenvalue weighted by Gasteiger charge is -2.02. The lowest BCUT2D eigenvalue weighted by molar-refractivity contribution is 0.0526. The zero-order chi connectivity index (χ0) is 9.97. The first kappa shape index (κ1) is 9.52. The Balaban J connectivity index is 2.24. The second-order valence-electron chi connectivity index (χ2n) is 3.04. The zero-order valence-corrected chi connectivity index (χ0v) is 8.76. The third kappa shape index (κ3) is 1.75. The monoisotopic (exact) mass is 209 g/mol. The Labute approximate surface area is 86.9 Å². The number of rotatable bonds is 2. The zero-order valence-electron chi connectivity index (χ0n) is 7.95. The van der Waals surface area contributed by atoms with E-state index >= 15 is 0 Å². The average Bonchev–Trinajstić information content (AvgIpc) is 2.64. The molecular weight excluding hydrogens is 198 g/mol. The van der Waals surface area contributed by atoms with Crippen LogP contribution >= 0.6 is 11.8 Å². The molecule has 0 atom stereocenters. The molecule has 2 heterocycles. The Kier molecular flexibility index (Phi) is 2.72. The highest BCUT2D eigenvalue weighted by atomic mass is 32.2. The Bertz CT molecular complexity index is 365. The van der Waals surface area contributed by atoms with E-state index in [1.807, 2.05) is 17.8 Å². The Morgan fingerprint density at radius 3 is 3.29 bits per heavy atom. The molecular formula is C10H11NO2S. The van der Waals surface area contributed by atoms with Crippen LogP contribution in [-0.2, 0) is 16.2 Å². The number of aromatic nitrogens is 1. The van der Waals surface area contributed by atoms with Crippen molar-refractivity contribution in [2.45, 2.75) is 18.4 Å². The minimum atomic E-state index is -0.278. The van der Waals surface area contributed by atoms with Crippen LogP contribution in [0.2, 0.25) is 0 Å². The van der Waals surface area contributed by atoms with Crippen LogP contribution < -0.4 is 0 Å². The molecule has 0 aliphatic carbocycles. The summed E-state index contributed by atoms with van der Waals surface area (Å²) in [5.74, 6) is 1.63. The summed E-state index contributed by atoms with van der Waals surface area (Å²) in [4.78, 5) is 15.6. The van der Waals surface area contributed by atoms with Gasteiger partial charge in [0, 0.05) is 17.7 Å². The van der Waals surface area contributed by atoms with E-state index in [4.69, 9.17) is 4.74 Å². The van der Waals surface area contributed by atoms with Gasteiger partial charge in [0.2, 0.25) is 0 Å². The molecule has 0 N–H and O–H groups in total. The molecule has 1 aromatic heterocycles. The minimum Gasteiger partial charge on any atom is -0.462 e. The molecule has 0 radical (unpaired) electrons. The largest absolute Gasteiger partial charge is 0.462 e. The van der Waals surface area contributed by atoms with Crippen LogP contribution in [0.25, 0.3) is 0 Å². The first-order chi connectivity index (χ1) is 6.81. The van der Waals surface area contributed by atoms with Crippen LogP contribution in [0.1, 0.15) is 28.5 Å². The van der Waals surface area contributed by atoms with E-state index in [1.165, 1.54) is 5.56 Å². The van der Waals surface area contributed by atoms with E-state index in [0.717, 1.165) is 17.2 Å². The van der Waals surface area contributed by atoms with Crippen molar-refractivity contribution in [3.63, 3.8) is 0 Å². The van der Waals surface area contributed by atoms with Crippen LogP contribution in [0.5, 0.6) is 0 Å². The van der Waals surface area contributed by atoms with Gasteiger partial charge >= 0.3 is 5.97 Å². The normalized spacial score (nSPS) is 13.8. The molecule has 4 heteroatoms. The Morgan fingerprint density at radius 1 is 1.64 bits per heavy atom. The lowest BCUT2D eigenvalue weighted by atomic mass is 10.2. The Hall–Kier alpha value is -1.03. The summed E-state index contributed by atoms with van der Waals surface area (Å²) in [6.45, 7) is 2.21. The van der Waals surface area contributed by atoms with Crippen molar-refractivity contribution in [3.8, 4) is 0 Å². The third-order valence-corrected chi connectivity index (χ3v) is 3.06. The maximum atomic E-state index is 11.4. The predicted molar refractivity (Wildman–Crippen MR) is 55.2 cm³/mol. The molecule has 2 rings (SSSR count). The standard InChI is InChI=1S/C10H11NO2S/c1-2-13-10(12)7-3-8-5-14-6-9(8)11-4-7/h3-4H,2,5-6H2,1H3. The van der Waals surface area contributed by atoms with E-state index in [-0.39, 0.29) is 5.97 Å². The summed E-state index contributed by atoms with van der Waals surface area (Å²) in [6, 6.07) is 1.89. The van der Waals surface area contributed by atoms with Gasteiger partial charge in [-0.3, -0.25) is 4.98 Å². The summed E-state index contributed by atoms with van der Waals surface area (Å²) >= 11 is 1.82. The number of carbonyl (C=O) groups is 1. The number of pyridine rings is 1. The number of hydrogen-bond donors (Lipinski definition) is 0. The fourth-order valence-corrected chi connectivity index (χ4v) is 2.40. The van der Waals surface area contributed by atoms with Crippen molar-refractivity contribution in [1.29, 1.82) is 0 Å². The molecule has 0 fully saturated rings. The molecule has 1 aromatic rings. The molecule has 0 saturated carbocycles. The van der Waals surface area contributed by atoms with E-state index in [2.05, 4.69) is 4.98 Å². The van der Waals surface area contributed by atoms with Crippen molar-refractivity contribution in [2.24, 2.45) is 0 Å². The van der Waals surface area contributed by atoms with Gasteiger partial charge in [0.25, 0.3) is 0 Å². The highest BCUT2D eigenvalue weighted by Gasteiger charge is 2.15. The number of thioether (sulfide) groups is 1. The van der Waals surface area contributed by atoms with Gasteiger partial charge in [-0.15, -0.1) is 0 Å². The molecule has 0 amide bonds. The van der Waals surface area contributed by atoms with Crippen molar-refractivity contribution < 1.29 is 9.53 Å². The van der Waals surface area contributed by atoms with E-state index < -0.39 is 0 Å². The topological polar surface area (TPSA) is 39.2 Å². The summed E-state index contributed by atoms with van der Waals surface area (Å²) < 4.78 is 4.90. The maximum absolute atomic E-state index is 11.4. The molecule has 0 aromatic carbocycles. The predicted octanol–water partition coefficient (Wildman–Crippen LogP) is 2.01. The summed E-state index contributed by atoms with van der Waals surface area (Å²) in [6.07, 6.45) is 1.60. The second kappa shape index (κ2) is 4.00. The van der Waals surface area contributed by atoms with Crippen molar-refractivity contribution in [1.82, 2.24) is 4.98 Å². The fraction of sp³-hybridized carbons (Fsp3) is 0.400. The third-order valence-electron chi connectivity index (χ3n) is 2.07. The van der Waals surface area contributed by atoms with Crippen LogP contribution in [0.4, 0.5) is 0 Å². The van der Waals surface area contributed by atoms with Gasteiger partial charge in [-0.2, -0.15) is 11.8 Å². The van der Waals surface area contributed by atoms with Crippen LogP contribution in [0.3, 0.4) is 0 Å². The van der Waals surface area contributed by atoms with Gasteiger partial charge < -0.3 is 4.74 Å². The first-order valence-electron chi connectivity index (χ1n) is 4.54. The number of carbonyl (C=O) groups excluding carboxylic acids is 1. The molecule has 74 valence electrons. The van der Waals surface area contributed by atoms with E-state index in [0.29, 0.717) is 12.2 Å². The number of nitrogens with zero attached hydrogens (tertiary/aromatic N) is 1. The van der Waals surface area contributed by atoms with Gasteiger partial charge in [-0.25, -0.2) is 4.79 Å². The van der Waals surface area contributed by atoms with Crippen LogP contribution in [-0.4, -0.2) is 17.6 Å². The molecule has 0 saturated heterocycles. The quantitative estimate of drug-likeness (QED) is 0.698. The van der Waals surface area contributed by atoms with Crippen molar-refractivity contribution in [3.05, 3.63) is 29.1 Å². The van der Waals surface area contributed by atoms with Gasteiger partial charge in [0.1, 0.15) is 0 Å². The van der Waals surface area contributed by atoms with Crippen molar-refractivity contribution >= 4 is 17.7 Å². The van der Waals surface area contributed by atoms with Gasteiger partial charge in [-0.05, 0) is 18.6 Å². The maximum Gasteiger partial charge on any atom is 0.339 e. The second-order valence-corrected chi connectivity index (χ2v) is 4.03. The highest BCUT2D eigenvalue weighted by molar-refractivity contribution is 7.98. The average molecular weight is 209 g/mol. The lowest BCUT2D eigenvalue weighted by Crippen LogP contribution is -2.06. The van der Waals surface area contributed by atoms with Crippen molar-refractivity contribution in [2.75, 3.05) is 6.61 Å². The fourth-order valence-electron chi connectivity index (χ4n) is 1.38. The summed E-state index contributed by atoms with van der Waals surface area (Å²) in [7, 11) is 0. The number of fused-ring (bicyclic) bond motifs is 1. The Morgan fingerprint density at radius 2 is 2.50 bits per heavy atom. The first-order valence-corrected chi connectivity index (χ1v) is 5.69. The highest BCUT2D eigenvalue weighted by Crippen LogP contribution is 2.28. The summed E-state index contributed by atoms with van der Waals surface area (Å²) in [5, 5.41) is 0. The summed E-state index contributed by atoms with van der Waals surface area (Å²) in [5.41, 5.74) is 2.83. The molecule has 0 bridgehead atoms. The van der Waals surface area contributed by atoms with Gasteiger partial charge in [-0.1, -0.05) is 0 Å². The SMILES string of the molecule is CCOC(=O)c1cnc2c(c1)CSC2. The molecule has 0 unspecified atom stereocenters. The smallest absolute Gasteiger partial charge is 0.339 e. The van der Waals surface area contributed by atoms with E-state index in [9.17, 15) is 4.79 Å². The van der Waals surface area contributed by atoms with E-state index in [1.54, 1.807) is 13.1 Å². The number of ether oxygens (including phenoxy) is 1.